The first-order chi connectivity index (χ1) is 9.97. The maximum Gasteiger partial charge on any atom is 0.270 e. The van der Waals surface area contributed by atoms with E-state index in [1.807, 2.05) is 0 Å². The van der Waals surface area contributed by atoms with Gasteiger partial charge in [0.25, 0.3) is 10.9 Å². The molecule has 1 aromatic heterocycles. The van der Waals surface area contributed by atoms with E-state index >= 15 is 0 Å². The third-order valence-corrected chi connectivity index (χ3v) is 3.27. The van der Waals surface area contributed by atoms with Crippen molar-refractivity contribution in [2.75, 3.05) is 5.32 Å². The molecule has 2 aromatic rings. The van der Waals surface area contributed by atoms with Crippen LogP contribution in [0.5, 0.6) is 0 Å². The van der Waals surface area contributed by atoms with E-state index in [1.165, 1.54) is 18.3 Å². The summed E-state index contributed by atoms with van der Waals surface area (Å²) in [5.74, 6) is 0.533. The maximum absolute atomic E-state index is 10.9. The highest BCUT2D eigenvalue weighted by Gasteiger charge is 2.09. The minimum atomic E-state index is -0.576. The molecule has 1 aromatic carbocycles. The van der Waals surface area contributed by atoms with Crippen LogP contribution >= 0.6 is 23.2 Å². The molecule has 1 heterocycles. The summed E-state index contributed by atoms with van der Waals surface area (Å²) in [6.07, 6.45) is 1.36. The lowest BCUT2D eigenvalue weighted by Crippen LogP contribution is -2.03. The van der Waals surface area contributed by atoms with Crippen LogP contribution in [0.3, 0.4) is 0 Å². The van der Waals surface area contributed by atoms with Gasteiger partial charge in [0, 0.05) is 24.9 Å². The number of carbonyl (C=O) groups is 1. The number of pyridine rings is 1. The van der Waals surface area contributed by atoms with Crippen LogP contribution in [0.25, 0.3) is 0 Å². The number of nitrogens with one attached hydrogen (secondary N) is 1. The Hall–Kier alpha value is -2.18. The highest BCUT2D eigenvalue weighted by molar-refractivity contribution is 6.67. The average molecular weight is 326 g/mol. The molecule has 8 heteroatoms. The molecule has 2 rings (SSSR count). The highest BCUT2D eigenvalue weighted by Crippen LogP contribution is 2.23. The third-order valence-electron chi connectivity index (χ3n) is 2.70. The van der Waals surface area contributed by atoms with E-state index in [0.29, 0.717) is 28.5 Å². The first kappa shape index (κ1) is 15.2. The summed E-state index contributed by atoms with van der Waals surface area (Å²) >= 11 is 11.3. The Labute approximate surface area is 129 Å². The number of benzene rings is 1. The number of non-ortho nitro benzene ring substituents is 1. The number of hydrogen-bond donors (Lipinski definition) is 1. The van der Waals surface area contributed by atoms with Crippen molar-refractivity contribution in [3.63, 3.8) is 0 Å². The van der Waals surface area contributed by atoms with Crippen molar-refractivity contribution in [3.05, 3.63) is 62.8 Å². The number of carbonyl (C=O) groups excluding carboxylic acids is 1. The van der Waals surface area contributed by atoms with Crippen LogP contribution in [0.15, 0.2) is 36.5 Å². The van der Waals surface area contributed by atoms with Crippen LogP contribution in [-0.2, 0) is 6.54 Å². The fourth-order valence-electron chi connectivity index (χ4n) is 1.59. The molecule has 1 N–H and O–H groups in total. The van der Waals surface area contributed by atoms with Crippen molar-refractivity contribution in [1.82, 2.24) is 4.98 Å². The Morgan fingerprint density at radius 2 is 2.10 bits per heavy atom. The molecule has 0 fully saturated rings. The molecule has 0 radical (unpaired) electrons. The van der Waals surface area contributed by atoms with Crippen LogP contribution < -0.4 is 5.32 Å². The summed E-state index contributed by atoms with van der Waals surface area (Å²) in [6.45, 7) is 0.345. The summed E-state index contributed by atoms with van der Waals surface area (Å²) < 4.78 is 0. The minimum absolute atomic E-state index is 0.0631. The molecule has 0 atom stereocenters. The summed E-state index contributed by atoms with van der Waals surface area (Å²) in [7, 11) is 0. The smallest absolute Gasteiger partial charge is 0.270 e. The second-order valence-corrected chi connectivity index (χ2v) is 4.84. The molecule has 0 spiro atoms. The second kappa shape index (κ2) is 6.51. The molecule has 0 saturated heterocycles. The lowest BCUT2D eigenvalue weighted by atomic mass is 10.2. The standard InChI is InChI=1S/C13H9Cl2N3O3/c14-11-5-10(18(20)21)3-1-8(11)6-16-12-4-2-9(7-17-12)13(15)19/h1-5,7H,6H2,(H,16,17). The SMILES string of the molecule is O=C(Cl)c1ccc(NCc2ccc([N+](=O)[O-])cc2Cl)nc1. The highest BCUT2D eigenvalue weighted by atomic mass is 35.5. The van der Waals surface area contributed by atoms with Gasteiger partial charge in [0.1, 0.15) is 5.82 Å². The van der Waals surface area contributed by atoms with Gasteiger partial charge < -0.3 is 5.32 Å². The number of aromatic nitrogens is 1. The van der Waals surface area contributed by atoms with Gasteiger partial charge in [0.15, 0.2) is 0 Å². The second-order valence-electron chi connectivity index (χ2n) is 4.09. The molecule has 0 bridgehead atoms. The Morgan fingerprint density at radius 3 is 2.62 bits per heavy atom. The number of nitro benzene ring substituents is 1. The topological polar surface area (TPSA) is 85.1 Å². The van der Waals surface area contributed by atoms with Gasteiger partial charge in [-0.3, -0.25) is 14.9 Å². The predicted octanol–water partition coefficient (Wildman–Crippen LogP) is 3.63. The fourth-order valence-corrected chi connectivity index (χ4v) is 1.95. The zero-order valence-corrected chi connectivity index (χ0v) is 12.1. The largest absolute Gasteiger partial charge is 0.366 e. The Bertz CT molecular complexity index is 690. The molecule has 0 amide bonds. The van der Waals surface area contributed by atoms with E-state index in [-0.39, 0.29) is 5.69 Å². The van der Waals surface area contributed by atoms with Crippen LogP contribution in [0.2, 0.25) is 5.02 Å². The molecule has 0 aliphatic carbocycles. The lowest BCUT2D eigenvalue weighted by Gasteiger charge is -2.07. The molecule has 6 nitrogen and oxygen atoms in total. The van der Waals surface area contributed by atoms with Crippen molar-refractivity contribution >= 4 is 39.9 Å². The van der Waals surface area contributed by atoms with Gasteiger partial charge in [-0.25, -0.2) is 4.98 Å². The van der Waals surface area contributed by atoms with Gasteiger partial charge in [-0.2, -0.15) is 0 Å². The van der Waals surface area contributed by atoms with E-state index in [0.717, 1.165) is 0 Å². The number of nitro groups is 1. The Morgan fingerprint density at radius 1 is 1.33 bits per heavy atom. The first-order valence-electron chi connectivity index (χ1n) is 5.80. The van der Waals surface area contributed by atoms with Crippen LogP contribution in [-0.4, -0.2) is 15.1 Å². The van der Waals surface area contributed by atoms with E-state index < -0.39 is 10.2 Å². The quantitative estimate of drug-likeness (QED) is 0.515. The summed E-state index contributed by atoms with van der Waals surface area (Å²) in [5, 5.41) is 13.3. The average Bonchev–Trinajstić information content (AvgIpc) is 2.46. The molecule has 0 saturated carbocycles. The van der Waals surface area contributed by atoms with Crippen molar-refractivity contribution in [1.29, 1.82) is 0 Å². The molecular weight excluding hydrogens is 317 g/mol. The minimum Gasteiger partial charge on any atom is -0.366 e. The lowest BCUT2D eigenvalue weighted by molar-refractivity contribution is -0.384. The third kappa shape index (κ3) is 3.90. The van der Waals surface area contributed by atoms with Gasteiger partial charge in [-0.15, -0.1) is 0 Å². The van der Waals surface area contributed by atoms with Crippen LogP contribution in [0, 0.1) is 10.1 Å². The number of halogens is 2. The summed E-state index contributed by atoms with van der Waals surface area (Å²) in [4.78, 5) is 25.0. The van der Waals surface area contributed by atoms with E-state index in [4.69, 9.17) is 23.2 Å². The van der Waals surface area contributed by atoms with Crippen molar-refractivity contribution in [2.24, 2.45) is 0 Å². The number of rotatable bonds is 5. The summed E-state index contributed by atoms with van der Waals surface area (Å²) in [5.41, 5.74) is 0.934. The van der Waals surface area contributed by atoms with E-state index in [1.54, 1.807) is 18.2 Å². The number of hydrogen-bond acceptors (Lipinski definition) is 5. The van der Waals surface area contributed by atoms with Gasteiger partial charge >= 0.3 is 0 Å². The number of anilines is 1. The Kier molecular flexibility index (Phi) is 4.72. The molecule has 0 aliphatic rings. The molecule has 0 unspecified atom stereocenters. The van der Waals surface area contributed by atoms with Gasteiger partial charge in [0.2, 0.25) is 0 Å². The predicted molar refractivity (Wildman–Crippen MR) is 79.9 cm³/mol. The maximum atomic E-state index is 10.9. The first-order valence-corrected chi connectivity index (χ1v) is 6.55. The van der Waals surface area contributed by atoms with Gasteiger partial charge in [-0.05, 0) is 35.4 Å². The van der Waals surface area contributed by atoms with E-state index in [9.17, 15) is 14.9 Å². The number of nitrogens with zero attached hydrogens (tertiary/aromatic N) is 2. The van der Waals surface area contributed by atoms with Crippen molar-refractivity contribution in [2.45, 2.75) is 6.54 Å². The summed E-state index contributed by atoms with van der Waals surface area (Å²) in [6, 6.07) is 7.40. The van der Waals surface area contributed by atoms with Crippen LogP contribution in [0.1, 0.15) is 15.9 Å². The fraction of sp³-hybridized carbons (Fsp3) is 0.0769. The zero-order valence-electron chi connectivity index (χ0n) is 10.5. The van der Waals surface area contributed by atoms with E-state index in [2.05, 4.69) is 10.3 Å². The Balaban J connectivity index is 2.06. The molecule has 108 valence electrons. The normalized spacial score (nSPS) is 10.2. The van der Waals surface area contributed by atoms with Crippen molar-refractivity contribution in [3.8, 4) is 0 Å². The van der Waals surface area contributed by atoms with Gasteiger partial charge in [0.05, 0.1) is 15.5 Å². The molecule has 0 aliphatic heterocycles. The molecular formula is C13H9Cl2N3O3. The molecule has 21 heavy (non-hydrogen) atoms. The van der Waals surface area contributed by atoms with Crippen molar-refractivity contribution < 1.29 is 9.72 Å². The zero-order chi connectivity index (χ0) is 15.4. The van der Waals surface area contributed by atoms with Gasteiger partial charge in [-0.1, -0.05) is 11.6 Å². The monoisotopic (exact) mass is 325 g/mol. The van der Waals surface area contributed by atoms with Crippen LogP contribution in [0.4, 0.5) is 11.5 Å².